The lowest BCUT2D eigenvalue weighted by Gasteiger charge is -2.10. The normalized spacial score (nSPS) is 9.79. The van der Waals surface area contributed by atoms with E-state index in [1.165, 1.54) is 18.2 Å². The molecule has 0 unspecified atom stereocenters. The van der Waals surface area contributed by atoms with E-state index in [-0.39, 0.29) is 35.8 Å². The first-order valence-corrected chi connectivity index (χ1v) is 7.03. The zero-order valence-electron chi connectivity index (χ0n) is 12.9. The van der Waals surface area contributed by atoms with E-state index in [2.05, 4.69) is 22.1 Å². The Bertz CT molecular complexity index is 813. The molecule has 7 heteroatoms. The molecule has 2 rings (SSSR count). The first-order valence-electron chi connectivity index (χ1n) is 7.03. The summed E-state index contributed by atoms with van der Waals surface area (Å²) in [6.07, 6.45) is 0. The number of halogens is 2. The molecule has 0 aliphatic rings. The smallest absolute Gasteiger partial charge is 0.255 e. The summed E-state index contributed by atoms with van der Waals surface area (Å²) in [6, 6.07) is 6.83. The number of aromatic nitrogens is 1. The Morgan fingerprint density at radius 3 is 2.83 bits per heavy atom. The molecule has 3 N–H and O–H groups in total. The fourth-order valence-corrected chi connectivity index (χ4v) is 1.90. The lowest BCUT2D eigenvalue weighted by atomic mass is 10.2. The van der Waals surface area contributed by atoms with Crippen molar-refractivity contribution in [2.24, 2.45) is 0 Å². The second-order valence-corrected chi connectivity index (χ2v) is 4.69. The molecule has 1 amide bonds. The molecule has 0 aliphatic heterocycles. The van der Waals surface area contributed by atoms with Gasteiger partial charge >= 0.3 is 0 Å². The highest BCUT2D eigenvalue weighted by Gasteiger charge is 2.14. The number of nitrogens with two attached hydrogens (primary N) is 1. The van der Waals surface area contributed by atoms with E-state index in [9.17, 15) is 13.6 Å². The average Bonchev–Trinajstić information content (AvgIpc) is 2.55. The number of pyridine rings is 1. The molecule has 0 fully saturated rings. The van der Waals surface area contributed by atoms with Crippen molar-refractivity contribution in [1.82, 2.24) is 10.3 Å². The number of carbonyl (C=O) groups is 1. The highest BCUT2D eigenvalue weighted by atomic mass is 19.1. The van der Waals surface area contributed by atoms with E-state index in [4.69, 9.17) is 10.5 Å². The molecule has 0 saturated heterocycles. The van der Waals surface area contributed by atoms with Gasteiger partial charge in [0, 0.05) is 12.1 Å². The van der Waals surface area contributed by atoms with Gasteiger partial charge in [-0.3, -0.25) is 4.79 Å². The van der Waals surface area contributed by atoms with E-state index < -0.39 is 17.7 Å². The van der Waals surface area contributed by atoms with Crippen molar-refractivity contribution >= 4 is 11.7 Å². The Labute approximate surface area is 137 Å². The number of rotatable bonds is 5. The summed E-state index contributed by atoms with van der Waals surface area (Å²) >= 11 is 0. The highest BCUT2D eigenvalue weighted by Crippen LogP contribution is 2.20. The molecule has 0 radical (unpaired) electrons. The van der Waals surface area contributed by atoms with E-state index in [0.717, 1.165) is 6.07 Å². The molecule has 1 heterocycles. The minimum Gasteiger partial charge on any atom is -0.478 e. The Balaban J connectivity index is 2.07. The number of hydrogen-bond acceptors (Lipinski definition) is 4. The molecular formula is C17H15F2N3O2. The van der Waals surface area contributed by atoms with Gasteiger partial charge in [0.15, 0.2) is 11.6 Å². The zero-order valence-corrected chi connectivity index (χ0v) is 12.9. The minimum atomic E-state index is -0.782. The van der Waals surface area contributed by atoms with Gasteiger partial charge in [0.1, 0.15) is 12.4 Å². The first-order chi connectivity index (χ1) is 11.5. The van der Waals surface area contributed by atoms with Crippen LogP contribution in [0.25, 0.3) is 0 Å². The lowest BCUT2D eigenvalue weighted by Crippen LogP contribution is -2.24. The Morgan fingerprint density at radius 1 is 1.33 bits per heavy atom. The van der Waals surface area contributed by atoms with Gasteiger partial charge in [-0.25, -0.2) is 9.37 Å². The second kappa shape index (κ2) is 7.92. The van der Waals surface area contributed by atoms with E-state index in [0.29, 0.717) is 0 Å². The van der Waals surface area contributed by atoms with E-state index >= 15 is 0 Å². The van der Waals surface area contributed by atoms with Crippen molar-refractivity contribution < 1.29 is 18.3 Å². The van der Waals surface area contributed by atoms with Gasteiger partial charge in [0.05, 0.1) is 5.56 Å². The summed E-state index contributed by atoms with van der Waals surface area (Å²) in [4.78, 5) is 15.4. The largest absolute Gasteiger partial charge is 0.478 e. The summed E-state index contributed by atoms with van der Waals surface area (Å²) in [6.45, 7) is 1.64. The molecule has 0 saturated carbocycles. The number of ether oxygens (including phenoxy) is 1. The molecule has 0 aliphatic carbocycles. The summed E-state index contributed by atoms with van der Waals surface area (Å²) in [5.74, 6) is 3.18. The number of amides is 1. The van der Waals surface area contributed by atoms with Crippen LogP contribution in [0.1, 0.15) is 22.8 Å². The Kier molecular flexibility index (Phi) is 5.68. The van der Waals surface area contributed by atoms with Crippen LogP contribution in [-0.4, -0.2) is 17.5 Å². The van der Waals surface area contributed by atoms with Crippen LogP contribution in [0.4, 0.5) is 14.6 Å². The monoisotopic (exact) mass is 331 g/mol. The topological polar surface area (TPSA) is 77.2 Å². The molecule has 124 valence electrons. The van der Waals surface area contributed by atoms with Gasteiger partial charge in [0.25, 0.3) is 5.91 Å². The summed E-state index contributed by atoms with van der Waals surface area (Å²) in [7, 11) is 0. The highest BCUT2D eigenvalue weighted by molar-refractivity contribution is 5.98. The lowest BCUT2D eigenvalue weighted by molar-refractivity contribution is 0.0951. The van der Waals surface area contributed by atoms with Crippen LogP contribution in [0.2, 0.25) is 0 Å². The quantitative estimate of drug-likeness (QED) is 0.651. The third kappa shape index (κ3) is 4.20. The maximum atomic E-state index is 14.3. The van der Waals surface area contributed by atoms with Crippen LogP contribution in [-0.2, 0) is 6.54 Å². The maximum Gasteiger partial charge on any atom is 0.255 e. The van der Waals surface area contributed by atoms with Gasteiger partial charge in [-0.2, -0.15) is 4.39 Å². The number of hydrogen-bond donors (Lipinski definition) is 2. The molecule has 5 nitrogen and oxygen atoms in total. The van der Waals surface area contributed by atoms with Crippen LogP contribution in [0.5, 0.6) is 5.75 Å². The van der Waals surface area contributed by atoms with Crippen molar-refractivity contribution in [1.29, 1.82) is 0 Å². The fraction of sp³-hybridized carbons (Fsp3) is 0.176. The van der Waals surface area contributed by atoms with Crippen LogP contribution in [0, 0.1) is 23.6 Å². The summed E-state index contributed by atoms with van der Waals surface area (Å²) < 4.78 is 32.4. The van der Waals surface area contributed by atoms with Gasteiger partial charge in [-0.15, -0.1) is 5.92 Å². The molecular weight excluding hydrogens is 316 g/mol. The molecule has 0 spiro atoms. The average molecular weight is 331 g/mol. The van der Waals surface area contributed by atoms with Crippen LogP contribution in [0.15, 0.2) is 30.3 Å². The standard InChI is InChI=1S/C17H15F2N3O2/c1-2-3-9-24-13-6-4-5-11(15(13)19)10-21-17(23)12-7-8-14(18)22-16(12)20/h4-8H,9-10H2,1H3,(H2,20,22)(H,21,23). The first kappa shape index (κ1) is 17.2. The second-order valence-electron chi connectivity index (χ2n) is 4.69. The van der Waals surface area contributed by atoms with Crippen molar-refractivity contribution in [3.8, 4) is 17.6 Å². The minimum absolute atomic E-state index is 0.0161. The van der Waals surface area contributed by atoms with Gasteiger partial charge in [0.2, 0.25) is 5.95 Å². The Morgan fingerprint density at radius 2 is 2.12 bits per heavy atom. The van der Waals surface area contributed by atoms with E-state index in [1.807, 2.05) is 0 Å². The SMILES string of the molecule is CC#CCOc1cccc(CNC(=O)c2ccc(F)nc2N)c1F. The van der Waals surface area contributed by atoms with Crippen LogP contribution >= 0.6 is 0 Å². The molecule has 1 aromatic heterocycles. The molecule has 24 heavy (non-hydrogen) atoms. The number of nitrogens with zero attached hydrogens (tertiary/aromatic N) is 1. The van der Waals surface area contributed by atoms with Crippen LogP contribution in [0.3, 0.4) is 0 Å². The molecule has 0 atom stereocenters. The predicted octanol–water partition coefficient (Wildman–Crippen LogP) is 2.27. The third-order valence-corrected chi connectivity index (χ3v) is 3.09. The molecule has 0 bridgehead atoms. The number of nitrogens with one attached hydrogen (secondary N) is 1. The predicted molar refractivity (Wildman–Crippen MR) is 85.1 cm³/mol. The summed E-state index contributed by atoms with van der Waals surface area (Å²) in [5, 5.41) is 2.51. The molecule has 1 aromatic carbocycles. The van der Waals surface area contributed by atoms with Gasteiger partial charge in [-0.05, 0) is 25.1 Å². The van der Waals surface area contributed by atoms with Crippen molar-refractivity contribution in [3.63, 3.8) is 0 Å². The third-order valence-electron chi connectivity index (χ3n) is 3.09. The van der Waals surface area contributed by atoms with Gasteiger partial charge in [-0.1, -0.05) is 18.1 Å². The molecule has 2 aromatic rings. The van der Waals surface area contributed by atoms with E-state index in [1.54, 1.807) is 13.0 Å². The van der Waals surface area contributed by atoms with Gasteiger partial charge < -0.3 is 15.8 Å². The number of anilines is 1. The number of nitrogen functional groups attached to an aromatic ring is 1. The van der Waals surface area contributed by atoms with Crippen molar-refractivity contribution in [2.45, 2.75) is 13.5 Å². The number of carbonyl (C=O) groups excluding carboxylic acids is 1. The van der Waals surface area contributed by atoms with Crippen molar-refractivity contribution in [3.05, 3.63) is 53.2 Å². The van der Waals surface area contributed by atoms with Crippen LogP contribution < -0.4 is 15.8 Å². The number of benzene rings is 1. The van der Waals surface area contributed by atoms with Crippen molar-refractivity contribution in [2.75, 3.05) is 12.3 Å². The Hall–Kier alpha value is -3.14. The maximum absolute atomic E-state index is 14.3. The summed E-state index contributed by atoms with van der Waals surface area (Å²) in [5.41, 5.74) is 5.75. The fourth-order valence-electron chi connectivity index (χ4n) is 1.90. The zero-order chi connectivity index (χ0) is 17.5.